The van der Waals surface area contributed by atoms with E-state index in [2.05, 4.69) is 16.9 Å². The van der Waals surface area contributed by atoms with E-state index in [1.807, 2.05) is 0 Å². The van der Waals surface area contributed by atoms with E-state index in [1.165, 1.54) is 0 Å². The lowest BCUT2D eigenvalue weighted by atomic mass is 10.4. The lowest BCUT2D eigenvalue weighted by Gasteiger charge is -2.08. The highest BCUT2D eigenvalue weighted by molar-refractivity contribution is 6.29. The highest BCUT2D eigenvalue weighted by Crippen LogP contribution is 2.19. The minimum Gasteiger partial charge on any atom is -0.481 e. The summed E-state index contributed by atoms with van der Waals surface area (Å²) >= 11 is 5.60. The van der Waals surface area contributed by atoms with Crippen LogP contribution in [0.15, 0.2) is 23.7 Å². The van der Waals surface area contributed by atoms with Gasteiger partial charge in [-0.3, -0.25) is 0 Å². The molecule has 0 aliphatic rings. The van der Waals surface area contributed by atoms with Crippen LogP contribution in [0.4, 0.5) is 11.5 Å². The largest absolute Gasteiger partial charge is 0.481 e. The quantitative estimate of drug-likeness (QED) is 0.801. The smallest absolute Gasteiger partial charge is 0.215 e. The Morgan fingerprint density at radius 2 is 2.43 bits per heavy atom. The Labute approximate surface area is 87.7 Å². The zero-order chi connectivity index (χ0) is 10.6. The Morgan fingerprint density at radius 3 is 3.00 bits per heavy atom. The van der Waals surface area contributed by atoms with Crippen molar-refractivity contribution in [3.05, 3.63) is 23.7 Å². The van der Waals surface area contributed by atoms with E-state index in [-0.39, 0.29) is 0 Å². The van der Waals surface area contributed by atoms with Crippen LogP contribution in [0.2, 0.25) is 0 Å². The van der Waals surface area contributed by atoms with Crippen LogP contribution in [0.25, 0.3) is 0 Å². The Kier molecular flexibility index (Phi) is 3.59. The fourth-order valence-corrected chi connectivity index (χ4v) is 0.954. The molecule has 76 valence electrons. The van der Waals surface area contributed by atoms with Gasteiger partial charge in [0.15, 0.2) is 5.82 Å². The zero-order valence-electron chi connectivity index (χ0n) is 7.88. The van der Waals surface area contributed by atoms with Crippen LogP contribution in [0, 0.1) is 0 Å². The fourth-order valence-electron chi connectivity index (χ4n) is 0.887. The Morgan fingerprint density at radius 1 is 1.71 bits per heavy atom. The van der Waals surface area contributed by atoms with Gasteiger partial charge in [0.25, 0.3) is 0 Å². The molecule has 4 nitrogen and oxygen atoms in total. The third-order valence-electron chi connectivity index (χ3n) is 1.56. The van der Waals surface area contributed by atoms with Gasteiger partial charge >= 0.3 is 0 Å². The maximum atomic E-state index is 5.68. The molecule has 14 heavy (non-hydrogen) atoms. The summed E-state index contributed by atoms with van der Waals surface area (Å²) in [5.41, 5.74) is 6.22. The lowest BCUT2D eigenvalue weighted by Crippen LogP contribution is -2.06. The van der Waals surface area contributed by atoms with Gasteiger partial charge in [-0.05, 0) is 6.07 Å². The molecule has 0 atom stereocenters. The molecule has 1 aromatic rings. The van der Waals surface area contributed by atoms with Gasteiger partial charge in [0, 0.05) is 11.1 Å². The second-order valence-electron chi connectivity index (χ2n) is 2.66. The number of aromatic nitrogens is 1. The van der Waals surface area contributed by atoms with E-state index in [0.717, 1.165) is 0 Å². The molecule has 0 amide bonds. The van der Waals surface area contributed by atoms with Crippen molar-refractivity contribution < 1.29 is 4.74 Å². The number of methoxy groups -OCH3 is 1. The number of nitrogens with two attached hydrogens (primary N) is 1. The number of hydrogen-bond donors (Lipinski definition) is 2. The number of ether oxygens (including phenoxy) is 1. The van der Waals surface area contributed by atoms with Gasteiger partial charge in [0.05, 0.1) is 19.3 Å². The van der Waals surface area contributed by atoms with Gasteiger partial charge in [-0.1, -0.05) is 18.2 Å². The molecular weight excluding hydrogens is 202 g/mol. The van der Waals surface area contributed by atoms with E-state index < -0.39 is 0 Å². The molecule has 0 bridgehead atoms. The monoisotopic (exact) mass is 213 g/mol. The van der Waals surface area contributed by atoms with Crippen LogP contribution in [-0.4, -0.2) is 18.6 Å². The Balaban J connectivity index is 2.78. The van der Waals surface area contributed by atoms with Crippen molar-refractivity contribution in [1.29, 1.82) is 0 Å². The van der Waals surface area contributed by atoms with Crippen molar-refractivity contribution in [1.82, 2.24) is 4.98 Å². The van der Waals surface area contributed by atoms with Crippen LogP contribution in [0.5, 0.6) is 5.88 Å². The number of nitrogen functional groups attached to an aromatic ring is 1. The number of pyridine rings is 1. The summed E-state index contributed by atoms with van der Waals surface area (Å²) in [4.78, 5) is 4.10. The number of nitrogens with one attached hydrogen (secondary N) is 1. The first-order chi connectivity index (χ1) is 6.63. The lowest BCUT2D eigenvalue weighted by molar-refractivity contribution is 0.398. The zero-order valence-corrected chi connectivity index (χ0v) is 8.64. The minimum absolute atomic E-state index is 0.423. The van der Waals surface area contributed by atoms with Crippen molar-refractivity contribution in [3.8, 4) is 5.88 Å². The van der Waals surface area contributed by atoms with Gasteiger partial charge in [0.2, 0.25) is 5.88 Å². The Bertz CT molecular complexity index is 341. The van der Waals surface area contributed by atoms with Crippen molar-refractivity contribution in [2.75, 3.05) is 24.7 Å². The number of halogens is 1. The van der Waals surface area contributed by atoms with Crippen LogP contribution >= 0.6 is 11.6 Å². The molecule has 0 fully saturated rings. The molecular formula is C9H12ClN3O. The molecule has 0 aliphatic carbocycles. The van der Waals surface area contributed by atoms with Crippen LogP contribution < -0.4 is 15.8 Å². The number of nitrogens with zero attached hydrogens (tertiary/aromatic N) is 1. The summed E-state index contributed by atoms with van der Waals surface area (Å²) in [6.45, 7) is 3.97. The van der Waals surface area contributed by atoms with E-state index >= 15 is 0 Å². The second kappa shape index (κ2) is 4.72. The first-order valence-corrected chi connectivity index (χ1v) is 4.39. The average molecular weight is 214 g/mol. The van der Waals surface area contributed by atoms with Crippen molar-refractivity contribution in [2.24, 2.45) is 0 Å². The summed E-state index contributed by atoms with van der Waals surface area (Å²) in [5.74, 6) is 1.05. The highest BCUT2D eigenvalue weighted by atomic mass is 35.5. The molecule has 1 rings (SSSR count). The van der Waals surface area contributed by atoms with Gasteiger partial charge in [0.1, 0.15) is 0 Å². The average Bonchev–Trinajstić information content (AvgIpc) is 2.16. The third kappa shape index (κ3) is 2.81. The van der Waals surface area contributed by atoms with Crippen molar-refractivity contribution >= 4 is 23.1 Å². The molecule has 0 aromatic carbocycles. The molecule has 0 saturated carbocycles. The molecule has 0 aliphatic heterocycles. The predicted octanol–water partition coefficient (Wildman–Crippen LogP) is 1.84. The van der Waals surface area contributed by atoms with Crippen molar-refractivity contribution in [2.45, 2.75) is 0 Å². The van der Waals surface area contributed by atoms with Crippen LogP contribution in [0.3, 0.4) is 0 Å². The molecule has 0 spiro atoms. The fraction of sp³-hybridized carbons (Fsp3) is 0.222. The maximum absolute atomic E-state index is 5.68. The van der Waals surface area contributed by atoms with Crippen molar-refractivity contribution in [3.63, 3.8) is 0 Å². The molecule has 5 heteroatoms. The number of anilines is 2. The standard InChI is InChI=1S/C9H12ClN3O/c1-6(10)5-12-9-7(11)3-4-8(13-9)14-2/h3-4H,1,5,11H2,2H3,(H,12,13). The normalized spacial score (nSPS) is 9.57. The first-order valence-electron chi connectivity index (χ1n) is 4.01. The molecule has 0 radical (unpaired) electrons. The van der Waals surface area contributed by atoms with E-state index in [4.69, 9.17) is 22.1 Å². The predicted molar refractivity (Wildman–Crippen MR) is 58.7 cm³/mol. The third-order valence-corrected chi connectivity index (χ3v) is 1.69. The molecule has 1 aromatic heterocycles. The summed E-state index contributed by atoms with van der Waals surface area (Å²) in [5, 5.41) is 3.43. The summed E-state index contributed by atoms with van der Waals surface area (Å²) in [6.07, 6.45) is 0. The summed E-state index contributed by atoms with van der Waals surface area (Å²) in [7, 11) is 1.54. The van der Waals surface area contributed by atoms with Gasteiger partial charge in [-0.25, -0.2) is 0 Å². The van der Waals surface area contributed by atoms with E-state index in [9.17, 15) is 0 Å². The molecule has 0 unspecified atom stereocenters. The van der Waals surface area contributed by atoms with Gasteiger partial charge < -0.3 is 15.8 Å². The van der Waals surface area contributed by atoms with E-state index in [0.29, 0.717) is 29.0 Å². The topological polar surface area (TPSA) is 60.2 Å². The second-order valence-corrected chi connectivity index (χ2v) is 3.20. The minimum atomic E-state index is 0.423. The SMILES string of the molecule is C=C(Cl)CNc1nc(OC)ccc1N. The maximum Gasteiger partial charge on any atom is 0.215 e. The highest BCUT2D eigenvalue weighted by Gasteiger charge is 2.02. The molecule has 0 saturated heterocycles. The first kappa shape index (κ1) is 10.7. The number of hydrogen-bond acceptors (Lipinski definition) is 4. The summed E-state index contributed by atoms with van der Waals surface area (Å²) in [6, 6.07) is 3.40. The van der Waals surface area contributed by atoms with Crippen LogP contribution in [-0.2, 0) is 0 Å². The summed E-state index contributed by atoms with van der Waals surface area (Å²) < 4.78 is 4.95. The molecule has 1 heterocycles. The van der Waals surface area contributed by atoms with Gasteiger partial charge in [-0.15, -0.1) is 0 Å². The molecule has 3 N–H and O–H groups in total. The van der Waals surface area contributed by atoms with E-state index in [1.54, 1.807) is 19.2 Å². The van der Waals surface area contributed by atoms with Gasteiger partial charge in [-0.2, -0.15) is 4.98 Å². The van der Waals surface area contributed by atoms with Crippen LogP contribution in [0.1, 0.15) is 0 Å². The Hall–Kier alpha value is -1.42. The number of rotatable bonds is 4.